The molecule has 0 saturated carbocycles. The minimum absolute atomic E-state index is 0.470. The number of hydrogen-bond acceptors (Lipinski definition) is 5. The second-order valence-electron chi connectivity index (χ2n) is 4.38. The van der Waals surface area contributed by atoms with E-state index in [9.17, 15) is 0 Å². The third kappa shape index (κ3) is 3.31. The Balaban J connectivity index is 1.98. The molecule has 5 heteroatoms. The number of aromatic nitrogens is 1. The van der Waals surface area contributed by atoms with E-state index >= 15 is 0 Å². The molecule has 1 N–H and O–H groups in total. The molecule has 0 radical (unpaired) electrons. The molecule has 0 aliphatic rings. The zero-order valence-electron chi connectivity index (χ0n) is 11.0. The first-order valence-corrected chi connectivity index (χ1v) is 7.75. The van der Waals surface area contributed by atoms with Crippen molar-refractivity contribution in [2.45, 2.75) is 25.9 Å². The Morgan fingerprint density at radius 3 is 2.94 bits per heavy atom. The van der Waals surface area contributed by atoms with Crippen molar-refractivity contribution in [3.63, 3.8) is 0 Å². The number of nitrogens with zero attached hydrogens (tertiary/aromatic N) is 2. The average Bonchev–Trinajstić information content (AvgIpc) is 3.00. The predicted molar refractivity (Wildman–Crippen MR) is 80.8 cm³/mol. The van der Waals surface area contributed by atoms with Crippen molar-refractivity contribution in [1.29, 1.82) is 0 Å². The van der Waals surface area contributed by atoms with Gasteiger partial charge in [0.05, 0.1) is 0 Å². The summed E-state index contributed by atoms with van der Waals surface area (Å²) in [6.07, 6.45) is 3.04. The number of anilines is 1. The molecule has 0 fully saturated rings. The van der Waals surface area contributed by atoms with Crippen LogP contribution < -0.4 is 10.2 Å². The van der Waals surface area contributed by atoms with Gasteiger partial charge in [-0.1, -0.05) is 6.07 Å². The molecule has 18 heavy (non-hydrogen) atoms. The zero-order chi connectivity index (χ0) is 13.0. The summed E-state index contributed by atoms with van der Waals surface area (Å²) in [6, 6.07) is 4.78. The van der Waals surface area contributed by atoms with Gasteiger partial charge in [0.15, 0.2) is 5.13 Å². The molecule has 1 atom stereocenters. The second-order valence-corrected chi connectivity index (χ2v) is 6.51. The van der Waals surface area contributed by atoms with Crippen LogP contribution in [0.15, 0.2) is 23.7 Å². The van der Waals surface area contributed by atoms with E-state index < -0.39 is 0 Å². The van der Waals surface area contributed by atoms with Crippen LogP contribution in [0.1, 0.15) is 16.7 Å². The lowest BCUT2D eigenvalue weighted by atomic mass is 10.2. The lowest BCUT2D eigenvalue weighted by molar-refractivity contribution is 0.686. The molecule has 0 spiro atoms. The van der Waals surface area contributed by atoms with E-state index in [1.54, 1.807) is 11.3 Å². The van der Waals surface area contributed by atoms with Crippen LogP contribution in [-0.2, 0) is 13.0 Å². The molecule has 3 nitrogen and oxygen atoms in total. The average molecular weight is 281 g/mol. The van der Waals surface area contributed by atoms with E-state index in [-0.39, 0.29) is 0 Å². The Kier molecular flexibility index (Phi) is 4.74. The van der Waals surface area contributed by atoms with Gasteiger partial charge in [-0.2, -0.15) is 0 Å². The van der Waals surface area contributed by atoms with Gasteiger partial charge in [-0.25, -0.2) is 4.98 Å². The number of likely N-dealkylation sites (N-methyl/N-ethyl adjacent to an activating group) is 1. The third-order valence-corrected chi connectivity index (χ3v) is 4.92. The molecule has 0 bridgehead atoms. The van der Waals surface area contributed by atoms with Crippen molar-refractivity contribution in [3.8, 4) is 0 Å². The quantitative estimate of drug-likeness (QED) is 0.882. The lowest BCUT2D eigenvalue weighted by Crippen LogP contribution is -2.30. The van der Waals surface area contributed by atoms with Crippen LogP contribution in [-0.4, -0.2) is 25.1 Å². The van der Waals surface area contributed by atoms with Crippen molar-refractivity contribution in [2.75, 3.05) is 19.0 Å². The smallest absolute Gasteiger partial charge is 0.185 e. The van der Waals surface area contributed by atoms with Crippen LogP contribution in [0.3, 0.4) is 0 Å². The predicted octanol–water partition coefficient (Wildman–Crippen LogP) is 2.99. The van der Waals surface area contributed by atoms with E-state index in [4.69, 9.17) is 0 Å². The zero-order valence-corrected chi connectivity index (χ0v) is 12.6. The summed E-state index contributed by atoms with van der Waals surface area (Å²) in [5.41, 5.74) is 0. The van der Waals surface area contributed by atoms with Gasteiger partial charge in [0.2, 0.25) is 0 Å². The molecule has 2 aromatic rings. The molecule has 2 aromatic heterocycles. The van der Waals surface area contributed by atoms with E-state index in [1.165, 1.54) is 9.75 Å². The maximum Gasteiger partial charge on any atom is 0.185 e. The van der Waals surface area contributed by atoms with Crippen LogP contribution in [0.25, 0.3) is 0 Å². The molecule has 0 aliphatic heterocycles. The highest BCUT2D eigenvalue weighted by molar-refractivity contribution is 7.15. The molecule has 2 heterocycles. The summed E-state index contributed by atoms with van der Waals surface area (Å²) in [5.74, 6) is 0. The Labute approximate surface area is 116 Å². The second kappa shape index (κ2) is 6.31. The molecular formula is C13H19N3S2. The summed E-state index contributed by atoms with van der Waals surface area (Å²) < 4.78 is 0. The normalized spacial score (nSPS) is 12.6. The van der Waals surface area contributed by atoms with Crippen LogP contribution >= 0.6 is 22.7 Å². The van der Waals surface area contributed by atoms with E-state index in [2.05, 4.69) is 46.7 Å². The lowest BCUT2D eigenvalue weighted by Gasteiger charge is -2.23. The number of thiophene rings is 1. The summed E-state index contributed by atoms with van der Waals surface area (Å²) >= 11 is 3.59. The first-order chi connectivity index (χ1) is 8.70. The van der Waals surface area contributed by atoms with Gasteiger partial charge < -0.3 is 10.2 Å². The maximum atomic E-state index is 4.49. The molecule has 98 valence electrons. The highest BCUT2D eigenvalue weighted by Gasteiger charge is 2.14. The first kappa shape index (κ1) is 13.5. The van der Waals surface area contributed by atoms with E-state index in [0.29, 0.717) is 6.04 Å². The third-order valence-electron chi connectivity index (χ3n) is 2.93. The standard InChI is InChI=1S/C13H19N3S2/c1-10(7-11-5-4-6-17-11)16(3)13-15-9-12(18-13)8-14-2/h4-6,9-10,14H,7-8H2,1-3H3. The van der Waals surface area contributed by atoms with Gasteiger partial charge >= 0.3 is 0 Å². The largest absolute Gasteiger partial charge is 0.348 e. The van der Waals surface area contributed by atoms with Crippen molar-refractivity contribution >= 4 is 27.8 Å². The van der Waals surface area contributed by atoms with Crippen LogP contribution in [0.2, 0.25) is 0 Å². The van der Waals surface area contributed by atoms with Gasteiger partial charge in [-0.05, 0) is 25.4 Å². The first-order valence-electron chi connectivity index (χ1n) is 6.05. The molecule has 0 saturated heterocycles. The Morgan fingerprint density at radius 1 is 1.44 bits per heavy atom. The number of nitrogens with one attached hydrogen (secondary N) is 1. The SMILES string of the molecule is CNCc1cnc(N(C)C(C)Cc2cccs2)s1. The Hall–Kier alpha value is -0.910. The maximum absolute atomic E-state index is 4.49. The summed E-state index contributed by atoms with van der Waals surface area (Å²) in [4.78, 5) is 9.47. The number of thiazole rings is 1. The topological polar surface area (TPSA) is 28.2 Å². The molecule has 0 aromatic carbocycles. The van der Waals surface area contributed by atoms with Crippen molar-refractivity contribution in [2.24, 2.45) is 0 Å². The minimum atomic E-state index is 0.470. The highest BCUT2D eigenvalue weighted by atomic mass is 32.1. The monoisotopic (exact) mass is 281 g/mol. The molecular weight excluding hydrogens is 262 g/mol. The van der Waals surface area contributed by atoms with E-state index in [0.717, 1.165) is 18.1 Å². The van der Waals surface area contributed by atoms with E-state index in [1.807, 2.05) is 24.6 Å². The highest BCUT2D eigenvalue weighted by Crippen LogP contribution is 2.24. The van der Waals surface area contributed by atoms with Crippen molar-refractivity contribution in [1.82, 2.24) is 10.3 Å². The Morgan fingerprint density at radius 2 is 2.28 bits per heavy atom. The van der Waals surface area contributed by atoms with Gasteiger partial charge in [0.25, 0.3) is 0 Å². The number of rotatable bonds is 6. The van der Waals surface area contributed by atoms with Gasteiger partial charge in [0.1, 0.15) is 0 Å². The van der Waals surface area contributed by atoms with Crippen LogP contribution in [0, 0.1) is 0 Å². The van der Waals surface area contributed by atoms with Crippen molar-refractivity contribution < 1.29 is 0 Å². The minimum Gasteiger partial charge on any atom is -0.348 e. The van der Waals surface area contributed by atoms with Gasteiger partial charge in [-0.15, -0.1) is 22.7 Å². The van der Waals surface area contributed by atoms with Crippen LogP contribution in [0.4, 0.5) is 5.13 Å². The number of hydrogen-bond donors (Lipinski definition) is 1. The Bertz CT molecular complexity index is 464. The molecule has 1 unspecified atom stereocenters. The summed E-state index contributed by atoms with van der Waals surface area (Å²) in [6.45, 7) is 3.14. The summed E-state index contributed by atoms with van der Waals surface area (Å²) in [7, 11) is 4.09. The van der Waals surface area contributed by atoms with Gasteiger partial charge in [-0.3, -0.25) is 0 Å². The fourth-order valence-electron chi connectivity index (χ4n) is 1.76. The fraction of sp³-hybridized carbons (Fsp3) is 0.462. The summed E-state index contributed by atoms with van der Waals surface area (Å²) in [5, 5.41) is 6.39. The molecule has 0 amide bonds. The molecule has 2 rings (SSSR count). The fourth-order valence-corrected chi connectivity index (χ4v) is 3.57. The van der Waals surface area contributed by atoms with Crippen molar-refractivity contribution in [3.05, 3.63) is 33.5 Å². The van der Waals surface area contributed by atoms with Gasteiger partial charge in [0, 0.05) is 42.0 Å². The van der Waals surface area contributed by atoms with Crippen LogP contribution in [0.5, 0.6) is 0 Å². The molecule has 0 aliphatic carbocycles.